The Morgan fingerprint density at radius 2 is 1.75 bits per heavy atom. The summed E-state index contributed by atoms with van der Waals surface area (Å²) in [6.07, 6.45) is -5.09. The van der Waals surface area contributed by atoms with Crippen LogP contribution in [0, 0.1) is 0 Å². The van der Waals surface area contributed by atoms with E-state index in [0.717, 1.165) is 9.79 Å². The number of carbonyl (C=O) groups is 1. The lowest BCUT2D eigenvalue weighted by Gasteiger charge is -2.25. The molecule has 1 amide bonds. The summed E-state index contributed by atoms with van der Waals surface area (Å²) in [6, 6.07) is 13.9. The second-order valence-electron chi connectivity index (χ2n) is 5.08. The van der Waals surface area contributed by atoms with Gasteiger partial charge in [0.05, 0.1) is 10.7 Å². The number of alkyl halides is 3. The summed E-state index contributed by atoms with van der Waals surface area (Å²) in [4.78, 5) is 13.4. The second kappa shape index (κ2) is 7.04. The molecule has 0 saturated carbocycles. The minimum Gasteiger partial charge on any atom is -0.373 e. The van der Waals surface area contributed by atoms with Crippen LogP contribution in [0.2, 0.25) is 5.02 Å². The number of anilines is 1. The smallest absolute Gasteiger partial charge is 0.373 e. The highest BCUT2D eigenvalue weighted by Gasteiger charge is 2.55. The largest absolute Gasteiger partial charge is 0.426 e. The monoisotopic (exact) mass is 375 g/mol. The van der Waals surface area contributed by atoms with Gasteiger partial charge in [-0.3, -0.25) is 4.79 Å². The molecule has 0 aliphatic carbocycles. The average Bonchev–Trinajstić information content (AvgIpc) is 2.49. The maximum Gasteiger partial charge on any atom is 0.426 e. The highest BCUT2D eigenvalue weighted by molar-refractivity contribution is 7.99. The summed E-state index contributed by atoms with van der Waals surface area (Å²) >= 11 is 7.43. The zero-order chi connectivity index (χ0) is 18.0. The van der Waals surface area contributed by atoms with Crippen molar-refractivity contribution in [3.05, 3.63) is 53.6 Å². The lowest BCUT2D eigenvalue weighted by Crippen LogP contribution is -2.52. The quantitative estimate of drug-likeness (QED) is 0.811. The zero-order valence-electron chi connectivity index (χ0n) is 12.4. The molecule has 0 aromatic heterocycles. The number of hydrogen-bond donors (Lipinski definition) is 2. The van der Waals surface area contributed by atoms with E-state index in [0.29, 0.717) is 6.92 Å². The normalized spacial score (nSPS) is 14.1. The molecule has 0 heterocycles. The molecule has 2 aromatic carbocycles. The molecule has 2 N–H and O–H groups in total. The van der Waals surface area contributed by atoms with Crippen molar-refractivity contribution in [3.63, 3.8) is 0 Å². The van der Waals surface area contributed by atoms with E-state index in [4.69, 9.17) is 11.6 Å². The van der Waals surface area contributed by atoms with Gasteiger partial charge in [-0.15, -0.1) is 0 Å². The van der Waals surface area contributed by atoms with Crippen molar-refractivity contribution >= 4 is 35.0 Å². The SMILES string of the molecule is C[C@@](O)(C(=O)Nc1ccc(Sc2ccccc2)cc1Cl)C(F)(F)F. The second-order valence-corrected chi connectivity index (χ2v) is 6.63. The van der Waals surface area contributed by atoms with Crippen LogP contribution in [0.1, 0.15) is 6.92 Å². The Balaban J connectivity index is 2.14. The van der Waals surface area contributed by atoms with Gasteiger partial charge in [-0.25, -0.2) is 0 Å². The van der Waals surface area contributed by atoms with Crippen LogP contribution in [0.5, 0.6) is 0 Å². The maximum atomic E-state index is 12.6. The molecule has 128 valence electrons. The Bertz CT molecular complexity index is 736. The number of hydrogen-bond acceptors (Lipinski definition) is 3. The molecule has 2 rings (SSSR count). The number of benzene rings is 2. The first-order valence-electron chi connectivity index (χ1n) is 6.74. The van der Waals surface area contributed by atoms with Crippen LogP contribution in [0.15, 0.2) is 58.3 Å². The van der Waals surface area contributed by atoms with Crippen molar-refractivity contribution in [1.82, 2.24) is 0 Å². The molecule has 0 spiro atoms. The van der Waals surface area contributed by atoms with Crippen LogP contribution in [0.4, 0.5) is 18.9 Å². The molecule has 0 fully saturated rings. The van der Waals surface area contributed by atoms with Crippen molar-refractivity contribution in [3.8, 4) is 0 Å². The average molecular weight is 376 g/mol. The maximum absolute atomic E-state index is 12.6. The molecule has 1 atom stereocenters. The molecule has 8 heteroatoms. The fourth-order valence-corrected chi connectivity index (χ4v) is 2.83. The third-order valence-electron chi connectivity index (χ3n) is 3.16. The highest BCUT2D eigenvalue weighted by atomic mass is 35.5. The van der Waals surface area contributed by atoms with Gasteiger partial charge < -0.3 is 10.4 Å². The third kappa shape index (κ3) is 4.23. The van der Waals surface area contributed by atoms with E-state index in [1.54, 1.807) is 6.07 Å². The highest BCUT2D eigenvalue weighted by Crippen LogP contribution is 2.35. The molecule has 0 radical (unpaired) electrons. The fraction of sp³-hybridized carbons (Fsp3) is 0.188. The van der Waals surface area contributed by atoms with Crippen LogP contribution < -0.4 is 5.32 Å². The molecule has 0 unspecified atom stereocenters. The molecule has 0 aliphatic heterocycles. The van der Waals surface area contributed by atoms with Gasteiger partial charge in [0.1, 0.15) is 0 Å². The van der Waals surface area contributed by atoms with Crippen molar-refractivity contribution in [2.45, 2.75) is 28.5 Å². The lowest BCUT2D eigenvalue weighted by molar-refractivity contribution is -0.242. The summed E-state index contributed by atoms with van der Waals surface area (Å²) < 4.78 is 37.9. The van der Waals surface area contributed by atoms with Gasteiger partial charge in [-0.05, 0) is 37.3 Å². The Hall–Kier alpha value is -1.70. The zero-order valence-corrected chi connectivity index (χ0v) is 14.0. The van der Waals surface area contributed by atoms with E-state index >= 15 is 0 Å². The minimum atomic E-state index is -5.09. The van der Waals surface area contributed by atoms with E-state index in [-0.39, 0.29) is 10.7 Å². The standard InChI is InChI=1S/C16H13ClF3NO2S/c1-15(23,16(18,19)20)14(22)21-13-8-7-11(9-12(13)17)24-10-5-3-2-4-6-10/h2-9,23H,1H3,(H,21,22)/t15-/m1/s1. The number of nitrogens with one attached hydrogen (secondary N) is 1. The number of rotatable bonds is 4. The van der Waals surface area contributed by atoms with Gasteiger partial charge >= 0.3 is 6.18 Å². The minimum absolute atomic E-state index is 0.0106. The summed E-state index contributed by atoms with van der Waals surface area (Å²) in [6.45, 7) is 0.385. The van der Waals surface area contributed by atoms with Crippen LogP contribution >= 0.6 is 23.4 Å². The van der Waals surface area contributed by atoms with Crippen molar-refractivity contribution in [1.29, 1.82) is 0 Å². The van der Waals surface area contributed by atoms with Crippen molar-refractivity contribution < 1.29 is 23.1 Å². The molecule has 3 nitrogen and oxygen atoms in total. The van der Waals surface area contributed by atoms with Gasteiger partial charge in [0.15, 0.2) is 0 Å². The fourth-order valence-electron chi connectivity index (χ4n) is 1.66. The molecule has 0 saturated heterocycles. The van der Waals surface area contributed by atoms with Gasteiger partial charge in [0.25, 0.3) is 5.91 Å². The van der Waals surface area contributed by atoms with E-state index < -0.39 is 17.7 Å². The molecule has 24 heavy (non-hydrogen) atoms. The molecule has 2 aromatic rings. The Morgan fingerprint density at radius 1 is 1.12 bits per heavy atom. The van der Waals surface area contributed by atoms with Gasteiger partial charge in [0.2, 0.25) is 5.60 Å². The summed E-state index contributed by atoms with van der Waals surface area (Å²) in [5, 5.41) is 11.4. The Labute approximate surface area is 145 Å². The van der Waals surface area contributed by atoms with E-state index in [1.807, 2.05) is 35.6 Å². The van der Waals surface area contributed by atoms with Crippen LogP contribution in [-0.4, -0.2) is 22.8 Å². The summed E-state index contributed by atoms with van der Waals surface area (Å²) in [7, 11) is 0. The first-order chi connectivity index (χ1) is 11.1. The predicted molar refractivity (Wildman–Crippen MR) is 87.3 cm³/mol. The van der Waals surface area contributed by atoms with Crippen LogP contribution in [0.3, 0.4) is 0 Å². The van der Waals surface area contributed by atoms with E-state index in [2.05, 4.69) is 0 Å². The van der Waals surface area contributed by atoms with Crippen molar-refractivity contribution in [2.24, 2.45) is 0 Å². The Kier molecular flexibility index (Phi) is 5.47. The van der Waals surface area contributed by atoms with E-state index in [9.17, 15) is 23.1 Å². The van der Waals surface area contributed by atoms with Gasteiger partial charge in [-0.2, -0.15) is 13.2 Å². The topological polar surface area (TPSA) is 49.3 Å². The number of halogens is 4. The van der Waals surface area contributed by atoms with Gasteiger partial charge in [0, 0.05) is 9.79 Å². The lowest BCUT2D eigenvalue weighted by atomic mass is 10.1. The first kappa shape index (κ1) is 18.6. The molecular formula is C16H13ClF3NO2S. The Morgan fingerprint density at radius 3 is 2.29 bits per heavy atom. The number of carbonyl (C=O) groups excluding carboxylic acids is 1. The van der Waals surface area contributed by atoms with Crippen LogP contribution in [-0.2, 0) is 4.79 Å². The number of aliphatic hydroxyl groups is 1. The summed E-state index contributed by atoms with van der Waals surface area (Å²) in [5.41, 5.74) is -3.52. The predicted octanol–water partition coefficient (Wildman–Crippen LogP) is 4.74. The first-order valence-corrected chi connectivity index (χ1v) is 7.94. The van der Waals surface area contributed by atoms with Crippen LogP contribution in [0.25, 0.3) is 0 Å². The van der Waals surface area contributed by atoms with Gasteiger partial charge in [-0.1, -0.05) is 41.6 Å². The summed E-state index contributed by atoms with van der Waals surface area (Å²) in [5.74, 6) is -1.60. The molecular weight excluding hydrogens is 363 g/mol. The number of amides is 1. The van der Waals surface area contributed by atoms with Crippen molar-refractivity contribution in [2.75, 3.05) is 5.32 Å². The third-order valence-corrected chi connectivity index (χ3v) is 4.47. The molecule has 0 bridgehead atoms. The molecule has 0 aliphatic rings. The van der Waals surface area contributed by atoms with E-state index in [1.165, 1.54) is 23.9 Å².